The molecular formula is C16H19N3O. The van der Waals surface area contributed by atoms with E-state index in [1.165, 1.54) is 5.56 Å². The molecule has 0 saturated heterocycles. The molecular weight excluding hydrogens is 250 g/mol. The number of hydrogen-bond donors (Lipinski definition) is 1. The maximum Gasteiger partial charge on any atom is 0.225 e. The molecule has 0 fully saturated rings. The molecule has 0 bridgehead atoms. The summed E-state index contributed by atoms with van der Waals surface area (Å²) >= 11 is 0. The van der Waals surface area contributed by atoms with Gasteiger partial charge < -0.3 is 10.2 Å². The zero-order valence-electron chi connectivity index (χ0n) is 11.8. The third-order valence-electron chi connectivity index (χ3n) is 3.04. The average molecular weight is 269 g/mol. The maximum atomic E-state index is 11.3. The topological polar surface area (TPSA) is 45.2 Å². The number of amides is 1. The molecule has 1 N–H and O–H groups in total. The lowest BCUT2D eigenvalue weighted by Gasteiger charge is -2.19. The molecule has 4 heteroatoms. The maximum absolute atomic E-state index is 11.3. The normalized spacial score (nSPS) is 10.1. The fraction of sp³-hybridized carbons (Fsp3) is 0.250. The molecule has 4 nitrogen and oxygen atoms in total. The van der Waals surface area contributed by atoms with Crippen LogP contribution in [0.4, 0.5) is 11.5 Å². The second-order valence-electron chi connectivity index (χ2n) is 4.65. The van der Waals surface area contributed by atoms with Crippen LogP contribution in [0, 0.1) is 0 Å². The number of aromatic nitrogens is 1. The largest absolute Gasteiger partial charge is 0.369 e. The van der Waals surface area contributed by atoms with E-state index < -0.39 is 0 Å². The Morgan fingerprint density at radius 2 is 1.95 bits per heavy atom. The Kier molecular flexibility index (Phi) is 4.71. The van der Waals surface area contributed by atoms with Gasteiger partial charge in [0, 0.05) is 20.0 Å². The molecule has 0 atom stereocenters. The molecule has 0 aliphatic carbocycles. The number of hydrogen-bond acceptors (Lipinski definition) is 3. The first-order chi connectivity index (χ1) is 9.69. The van der Waals surface area contributed by atoms with Gasteiger partial charge in [-0.25, -0.2) is 4.98 Å². The van der Waals surface area contributed by atoms with Gasteiger partial charge in [0.1, 0.15) is 5.82 Å². The first-order valence-electron chi connectivity index (χ1n) is 6.70. The predicted octanol–water partition coefficient (Wildman–Crippen LogP) is 3.07. The van der Waals surface area contributed by atoms with Gasteiger partial charge in [0.25, 0.3) is 0 Å². The quantitative estimate of drug-likeness (QED) is 0.907. The summed E-state index contributed by atoms with van der Waals surface area (Å²) in [6.07, 6.45) is 2.23. The molecule has 104 valence electrons. The minimum absolute atomic E-state index is 0.0251. The Balaban J connectivity index is 2.00. The van der Waals surface area contributed by atoms with E-state index >= 15 is 0 Å². The first kappa shape index (κ1) is 14.1. The Hall–Kier alpha value is -2.36. The van der Waals surface area contributed by atoms with Crippen LogP contribution in [0.3, 0.4) is 0 Å². The monoisotopic (exact) mass is 269 g/mol. The van der Waals surface area contributed by atoms with Crippen molar-refractivity contribution in [1.29, 1.82) is 0 Å². The lowest BCUT2D eigenvalue weighted by molar-refractivity contribution is -0.115. The zero-order chi connectivity index (χ0) is 14.4. The first-order valence-corrected chi connectivity index (χ1v) is 6.70. The van der Waals surface area contributed by atoms with Gasteiger partial charge in [-0.05, 0) is 17.7 Å². The molecule has 0 saturated carbocycles. The van der Waals surface area contributed by atoms with Crippen LogP contribution < -0.4 is 10.2 Å². The third kappa shape index (κ3) is 3.82. The average Bonchev–Trinajstić information content (AvgIpc) is 2.49. The second kappa shape index (κ2) is 6.70. The van der Waals surface area contributed by atoms with E-state index in [4.69, 9.17) is 0 Å². The van der Waals surface area contributed by atoms with Gasteiger partial charge in [0.05, 0.1) is 11.9 Å². The summed E-state index contributed by atoms with van der Waals surface area (Å²) in [6.45, 7) is 2.64. The van der Waals surface area contributed by atoms with Crippen LogP contribution in [0.5, 0.6) is 0 Å². The molecule has 0 aliphatic heterocycles. The van der Waals surface area contributed by atoms with Crippen LogP contribution >= 0.6 is 0 Å². The number of nitrogens with zero attached hydrogens (tertiary/aromatic N) is 2. The molecule has 1 aromatic heterocycles. The molecule has 2 aromatic rings. The van der Waals surface area contributed by atoms with Crippen molar-refractivity contribution in [1.82, 2.24) is 4.98 Å². The number of nitrogens with one attached hydrogen (secondary N) is 1. The van der Waals surface area contributed by atoms with Crippen molar-refractivity contribution in [3.63, 3.8) is 0 Å². The highest BCUT2D eigenvalue weighted by Crippen LogP contribution is 2.16. The van der Waals surface area contributed by atoms with Crippen LogP contribution in [-0.2, 0) is 11.3 Å². The molecule has 2 rings (SSSR count). The van der Waals surface area contributed by atoms with E-state index in [0.717, 1.165) is 12.2 Å². The standard InChI is InChI=1S/C16H19N3O/c1-3-16(20)18-15-10-9-14(11-17-15)19(2)12-13-7-5-4-6-8-13/h4-11H,3,12H2,1-2H3,(H,17,18,20). The smallest absolute Gasteiger partial charge is 0.225 e. The van der Waals surface area contributed by atoms with Crippen molar-refractivity contribution in [2.24, 2.45) is 0 Å². The minimum Gasteiger partial charge on any atom is -0.369 e. The molecule has 0 radical (unpaired) electrons. The summed E-state index contributed by atoms with van der Waals surface area (Å²) in [4.78, 5) is 17.7. The number of carbonyl (C=O) groups excluding carboxylic acids is 1. The molecule has 0 unspecified atom stereocenters. The van der Waals surface area contributed by atoms with E-state index in [1.807, 2.05) is 44.3 Å². The number of pyridine rings is 1. The van der Waals surface area contributed by atoms with Crippen LogP contribution in [0.25, 0.3) is 0 Å². The van der Waals surface area contributed by atoms with Gasteiger partial charge in [-0.2, -0.15) is 0 Å². The highest BCUT2D eigenvalue weighted by Gasteiger charge is 2.04. The number of benzene rings is 1. The van der Waals surface area contributed by atoms with E-state index in [2.05, 4.69) is 27.3 Å². The summed E-state index contributed by atoms with van der Waals surface area (Å²) in [7, 11) is 2.02. The summed E-state index contributed by atoms with van der Waals surface area (Å²) in [5, 5.41) is 2.74. The van der Waals surface area contributed by atoms with E-state index in [0.29, 0.717) is 12.2 Å². The third-order valence-corrected chi connectivity index (χ3v) is 3.04. The summed E-state index contributed by atoms with van der Waals surface area (Å²) in [5.74, 6) is 0.566. The molecule has 0 spiro atoms. The van der Waals surface area contributed by atoms with Crippen LogP contribution in [0.1, 0.15) is 18.9 Å². The van der Waals surface area contributed by atoms with Crippen molar-refractivity contribution in [2.75, 3.05) is 17.3 Å². The van der Waals surface area contributed by atoms with Gasteiger partial charge in [-0.3, -0.25) is 4.79 Å². The number of anilines is 2. The van der Waals surface area contributed by atoms with Crippen LogP contribution in [0.15, 0.2) is 48.7 Å². The number of rotatable bonds is 5. The zero-order valence-corrected chi connectivity index (χ0v) is 11.8. The van der Waals surface area contributed by atoms with E-state index in [1.54, 1.807) is 6.20 Å². The Morgan fingerprint density at radius 3 is 2.55 bits per heavy atom. The van der Waals surface area contributed by atoms with Crippen molar-refractivity contribution < 1.29 is 4.79 Å². The second-order valence-corrected chi connectivity index (χ2v) is 4.65. The molecule has 1 heterocycles. The van der Waals surface area contributed by atoms with Crippen molar-refractivity contribution in [3.05, 3.63) is 54.2 Å². The summed E-state index contributed by atoms with van der Waals surface area (Å²) < 4.78 is 0. The Morgan fingerprint density at radius 1 is 1.20 bits per heavy atom. The van der Waals surface area contributed by atoms with Gasteiger partial charge >= 0.3 is 0 Å². The van der Waals surface area contributed by atoms with Crippen molar-refractivity contribution in [2.45, 2.75) is 19.9 Å². The van der Waals surface area contributed by atoms with Gasteiger partial charge in [0.15, 0.2) is 0 Å². The van der Waals surface area contributed by atoms with Crippen LogP contribution in [0.2, 0.25) is 0 Å². The summed E-state index contributed by atoms with van der Waals surface area (Å²) in [5.41, 5.74) is 2.27. The number of carbonyl (C=O) groups is 1. The minimum atomic E-state index is -0.0251. The lowest BCUT2D eigenvalue weighted by Crippen LogP contribution is -2.17. The van der Waals surface area contributed by atoms with Crippen LogP contribution in [-0.4, -0.2) is 17.9 Å². The van der Waals surface area contributed by atoms with Crippen molar-refractivity contribution >= 4 is 17.4 Å². The highest BCUT2D eigenvalue weighted by molar-refractivity contribution is 5.89. The van der Waals surface area contributed by atoms with Gasteiger partial charge in [-0.15, -0.1) is 0 Å². The van der Waals surface area contributed by atoms with Crippen molar-refractivity contribution in [3.8, 4) is 0 Å². The fourth-order valence-electron chi connectivity index (χ4n) is 1.87. The molecule has 1 aromatic carbocycles. The van der Waals surface area contributed by atoms with E-state index in [9.17, 15) is 4.79 Å². The van der Waals surface area contributed by atoms with Gasteiger partial charge in [-0.1, -0.05) is 37.3 Å². The Bertz CT molecular complexity index is 552. The molecule has 1 amide bonds. The molecule has 0 aliphatic rings. The highest BCUT2D eigenvalue weighted by atomic mass is 16.1. The predicted molar refractivity (Wildman–Crippen MR) is 81.7 cm³/mol. The fourth-order valence-corrected chi connectivity index (χ4v) is 1.87. The molecule has 20 heavy (non-hydrogen) atoms. The lowest BCUT2D eigenvalue weighted by atomic mass is 10.2. The SMILES string of the molecule is CCC(=O)Nc1ccc(N(C)Cc2ccccc2)cn1. The van der Waals surface area contributed by atoms with E-state index in [-0.39, 0.29) is 5.91 Å². The Labute approximate surface area is 119 Å². The van der Waals surface area contributed by atoms with Gasteiger partial charge in [0.2, 0.25) is 5.91 Å². The summed E-state index contributed by atoms with van der Waals surface area (Å²) in [6, 6.07) is 14.1.